The van der Waals surface area contributed by atoms with Crippen molar-refractivity contribution in [1.29, 1.82) is 0 Å². The molecule has 3 rings (SSSR count). The standard InChI is InChI=1S/C15H17BrN2/c1-2-17-9-10-8-13(10)11-5-6-14(16)12-4-3-7-18-15(11)12/h3-7,10,13,17H,2,8-9H2,1H3. The maximum atomic E-state index is 4.57. The first-order valence-electron chi connectivity index (χ1n) is 6.55. The summed E-state index contributed by atoms with van der Waals surface area (Å²) in [5.41, 5.74) is 2.58. The van der Waals surface area contributed by atoms with E-state index in [4.69, 9.17) is 0 Å². The van der Waals surface area contributed by atoms with Crippen molar-refractivity contribution in [2.75, 3.05) is 13.1 Å². The summed E-state index contributed by atoms with van der Waals surface area (Å²) in [6, 6.07) is 8.52. The Hall–Kier alpha value is -0.930. The van der Waals surface area contributed by atoms with Crippen LogP contribution in [0.15, 0.2) is 34.9 Å². The van der Waals surface area contributed by atoms with Crippen molar-refractivity contribution < 1.29 is 0 Å². The number of hydrogen-bond donors (Lipinski definition) is 1. The second-order valence-corrected chi connectivity index (χ2v) is 5.80. The van der Waals surface area contributed by atoms with Crippen molar-refractivity contribution in [3.8, 4) is 0 Å². The minimum atomic E-state index is 0.689. The molecule has 0 amide bonds. The molecule has 0 aliphatic heterocycles. The molecule has 1 aromatic carbocycles. The highest BCUT2D eigenvalue weighted by molar-refractivity contribution is 9.10. The van der Waals surface area contributed by atoms with Crippen LogP contribution in [-0.2, 0) is 0 Å². The molecule has 1 aromatic heterocycles. The molecular weight excluding hydrogens is 288 g/mol. The highest BCUT2D eigenvalue weighted by atomic mass is 79.9. The Morgan fingerprint density at radius 1 is 1.39 bits per heavy atom. The van der Waals surface area contributed by atoms with Crippen molar-refractivity contribution >= 4 is 26.8 Å². The van der Waals surface area contributed by atoms with Gasteiger partial charge >= 0.3 is 0 Å². The SMILES string of the molecule is CCNCC1CC1c1ccc(Br)c2cccnc12. The molecule has 0 radical (unpaired) electrons. The molecule has 2 aromatic rings. The van der Waals surface area contributed by atoms with Gasteiger partial charge in [0.2, 0.25) is 0 Å². The van der Waals surface area contributed by atoms with Gasteiger partial charge in [-0.3, -0.25) is 4.98 Å². The molecule has 1 aliphatic rings. The summed E-state index contributed by atoms with van der Waals surface area (Å²) in [4.78, 5) is 4.57. The maximum absolute atomic E-state index is 4.57. The number of aromatic nitrogens is 1. The van der Waals surface area contributed by atoms with Crippen molar-refractivity contribution in [2.45, 2.75) is 19.3 Å². The van der Waals surface area contributed by atoms with Crippen LogP contribution in [0.1, 0.15) is 24.8 Å². The average molecular weight is 305 g/mol. The predicted octanol–water partition coefficient (Wildman–Crippen LogP) is 3.71. The monoisotopic (exact) mass is 304 g/mol. The van der Waals surface area contributed by atoms with Gasteiger partial charge in [0.05, 0.1) is 5.52 Å². The Kier molecular flexibility index (Phi) is 3.35. The second-order valence-electron chi connectivity index (χ2n) is 4.95. The summed E-state index contributed by atoms with van der Waals surface area (Å²) in [5, 5.41) is 4.67. The molecule has 3 heteroatoms. The number of nitrogens with zero attached hydrogens (tertiary/aromatic N) is 1. The second kappa shape index (κ2) is 4.98. The van der Waals surface area contributed by atoms with Gasteiger partial charge in [-0.15, -0.1) is 0 Å². The minimum Gasteiger partial charge on any atom is -0.317 e. The van der Waals surface area contributed by atoms with E-state index in [0.29, 0.717) is 5.92 Å². The van der Waals surface area contributed by atoms with Crippen molar-refractivity contribution in [3.05, 3.63) is 40.5 Å². The van der Waals surface area contributed by atoms with E-state index in [1.54, 1.807) is 0 Å². The Labute approximate surface area is 116 Å². The largest absolute Gasteiger partial charge is 0.317 e. The molecule has 18 heavy (non-hydrogen) atoms. The summed E-state index contributed by atoms with van der Waals surface area (Å²) in [7, 11) is 0. The molecule has 1 N–H and O–H groups in total. The van der Waals surface area contributed by atoms with E-state index < -0.39 is 0 Å². The topological polar surface area (TPSA) is 24.9 Å². The summed E-state index contributed by atoms with van der Waals surface area (Å²) in [6.07, 6.45) is 3.18. The van der Waals surface area contributed by atoms with Crippen LogP contribution in [0.3, 0.4) is 0 Å². The van der Waals surface area contributed by atoms with Crippen molar-refractivity contribution in [1.82, 2.24) is 10.3 Å². The van der Waals surface area contributed by atoms with Crippen LogP contribution in [0.5, 0.6) is 0 Å². The van der Waals surface area contributed by atoms with Crippen molar-refractivity contribution in [2.24, 2.45) is 5.92 Å². The van der Waals surface area contributed by atoms with E-state index >= 15 is 0 Å². The van der Waals surface area contributed by atoms with Gasteiger partial charge < -0.3 is 5.32 Å². The summed E-state index contributed by atoms with van der Waals surface area (Å²) < 4.78 is 1.14. The van der Waals surface area contributed by atoms with E-state index in [2.05, 4.69) is 51.4 Å². The van der Waals surface area contributed by atoms with Gasteiger partial charge in [-0.05, 0) is 49.0 Å². The van der Waals surface area contributed by atoms with Crippen LogP contribution in [0.25, 0.3) is 10.9 Å². The molecular formula is C15H17BrN2. The highest BCUT2D eigenvalue weighted by Gasteiger charge is 2.38. The fraction of sp³-hybridized carbons (Fsp3) is 0.400. The zero-order valence-corrected chi connectivity index (χ0v) is 12.1. The zero-order chi connectivity index (χ0) is 12.5. The molecule has 1 heterocycles. The lowest BCUT2D eigenvalue weighted by atomic mass is 10.0. The van der Waals surface area contributed by atoms with Gasteiger partial charge in [0.1, 0.15) is 0 Å². The van der Waals surface area contributed by atoms with Crippen LogP contribution >= 0.6 is 15.9 Å². The molecule has 2 unspecified atom stereocenters. The first kappa shape index (κ1) is 12.1. The summed E-state index contributed by atoms with van der Waals surface area (Å²) in [6.45, 7) is 4.35. The van der Waals surface area contributed by atoms with Gasteiger partial charge in [0.15, 0.2) is 0 Å². The molecule has 0 bridgehead atoms. The quantitative estimate of drug-likeness (QED) is 0.931. The van der Waals surface area contributed by atoms with Gasteiger partial charge in [-0.2, -0.15) is 0 Å². The molecule has 1 aliphatic carbocycles. The minimum absolute atomic E-state index is 0.689. The number of nitrogens with one attached hydrogen (secondary N) is 1. The van der Waals surface area contributed by atoms with Crippen LogP contribution in [0.2, 0.25) is 0 Å². The summed E-state index contributed by atoms with van der Waals surface area (Å²) in [5.74, 6) is 1.48. The van der Waals surface area contributed by atoms with Crippen LogP contribution in [0, 0.1) is 5.92 Å². The Balaban J connectivity index is 1.92. The number of rotatable bonds is 4. The molecule has 0 spiro atoms. The van der Waals surface area contributed by atoms with E-state index in [1.165, 1.54) is 17.4 Å². The molecule has 2 atom stereocenters. The van der Waals surface area contributed by atoms with E-state index in [0.717, 1.165) is 29.0 Å². The smallest absolute Gasteiger partial charge is 0.0748 e. The number of fused-ring (bicyclic) bond motifs is 1. The Morgan fingerprint density at radius 2 is 2.28 bits per heavy atom. The average Bonchev–Trinajstić information content (AvgIpc) is 3.16. The number of benzene rings is 1. The normalized spacial score (nSPS) is 22.3. The number of pyridine rings is 1. The lowest BCUT2D eigenvalue weighted by Gasteiger charge is -2.07. The highest BCUT2D eigenvalue weighted by Crippen LogP contribution is 2.49. The maximum Gasteiger partial charge on any atom is 0.0748 e. The fourth-order valence-electron chi connectivity index (χ4n) is 2.64. The number of hydrogen-bond acceptors (Lipinski definition) is 2. The van der Waals surface area contributed by atoms with Crippen LogP contribution in [0.4, 0.5) is 0 Å². The predicted molar refractivity (Wildman–Crippen MR) is 78.8 cm³/mol. The first-order chi connectivity index (χ1) is 8.81. The fourth-order valence-corrected chi connectivity index (χ4v) is 3.09. The zero-order valence-electron chi connectivity index (χ0n) is 10.5. The third kappa shape index (κ3) is 2.17. The third-order valence-electron chi connectivity index (χ3n) is 3.73. The third-order valence-corrected chi connectivity index (χ3v) is 4.42. The number of halogens is 1. The lowest BCUT2D eigenvalue weighted by Crippen LogP contribution is -2.16. The Bertz CT molecular complexity index is 567. The lowest BCUT2D eigenvalue weighted by molar-refractivity contribution is 0.650. The molecule has 0 saturated heterocycles. The van der Waals surface area contributed by atoms with E-state index in [-0.39, 0.29) is 0 Å². The van der Waals surface area contributed by atoms with Gasteiger partial charge in [0.25, 0.3) is 0 Å². The van der Waals surface area contributed by atoms with Gasteiger partial charge in [-0.25, -0.2) is 0 Å². The van der Waals surface area contributed by atoms with Crippen molar-refractivity contribution in [3.63, 3.8) is 0 Å². The van der Waals surface area contributed by atoms with Gasteiger partial charge in [0, 0.05) is 16.1 Å². The molecule has 2 nitrogen and oxygen atoms in total. The van der Waals surface area contributed by atoms with Gasteiger partial charge in [-0.1, -0.05) is 35.0 Å². The van der Waals surface area contributed by atoms with E-state index in [9.17, 15) is 0 Å². The first-order valence-corrected chi connectivity index (χ1v) is 7.34. The van der Waals surface area contributed by atoms with Crippen LogP contribution in [-0.4, -0.2) is 18.1 Å². The van der Waals surface area contributed by atoms with Crippen LogP contribution < -0.4 is 5.32 Å². The molecule has 94 valence electrons. The van der Waals surface area contributed by atoms with E-state index in [1.807, 2.05) is 12.3 Å². The Morgan fingerprint density at radius 3 is 3.11 bits per heavy atom. The molecule has 1 saturated carbocycles. The molecule has 1 fully saturated rings. The summed E-state index contributed by atoms with van der Waals surface area (Å²) >= 11 is 3.61.